The number of Topliss-reactive ketones (excluding diaryl/α,β-unsaturated/α-hetero) is 1. The molecule has 1 aromatic carbocycles. The van der Waals surface area contributed by atoms with E-state index in [1.54, 1.807) is 0 Å². The topological polar surface area (TPSA) is 130 Å². The molecule has 144 valence electrons. The van der Waals surface area contributed by atoms with Crippen LogP contribution in [0.2, 0.25) is 0 Å². The van der Waals surface area contributed by atoms with Crippen LogP contribution in [0.25, 0.3) is 0 Å². The SMILES string of the molecule is COc1cc2c(c(O)c1CSC[C@@H](NC(C)=O)C(=O)O)C(=O)C(C)=CC2=O. The van der Waals surface area contributed by atoms with Gasteiger partial charge in [0.1, 0.15) is 17.5 Å². The second-order valence-corrected chi connectivity index (χ2v) is 6.99. The van der Waals surface area contributed by atoms with Gasteiger partial charge < -0.3 is 20.3 Å². The van der Waals surface area contributed by atoms with Crippen molar-refractivity contribution in [3.05, 3.63) is 34.4 Å². The zero-order valence-electron chi connectivity index (χ0n) is 15.0. The van der Waals surface area contributed by atoms with Gasteiger partial charge in [0.05, 0.1) is 12.7 Å². The number of methoxy groups -OCH3 is 1. The number of hydrogen-bond acceptors (Lipinski definition) is 7. The van der Waals surface area contributed by atoms with Gasteiger partial charge in [-0.2, -0.15) is 11.8 Å². The number of aliphatic carboxylic acids is 1. The lowest BCUT2D eigenvalue weighted by atomic mass is 9.87. The molecular weight excluding hydrogens is 374 g/mol. The molecule has 0 spiro atoms. The Morgan fingerprint density at radius 1 is 1.33 bits per heavy atom. The van der Waals surface area contributed by atoms with E-state index in [2.05, 4.69) is 5.32 Å². The molecule has 1 aliphatic carbocycles. The van der Waals surface area contributed by atoms with Gasteiger partial charge in [-0.15, -0.1) is 0 Å². The first-order valence-electron chi connectivity index (χ1n) is 7.95. The van der Waals surface area contributed by atoms with E-state index in [0.29, 0.717) is 0 Å². The minimum Gasteiger partial charge on any atom is -0.507 e. The summed E-state index contributed by atoms with van der Waals surface area (Å²) in [5.41, 5.74) is 0.496. The highest BCUT2D eigenvalue weighted by molar-refractivity contribution is 7.98. The molecule has 1 atom stereocenters. The number of thioether (sulfide) groups is 1. The molecule has 0 saturated carbocycles. The van der Waals surface area contributed by atoms with E-state index in [9.17, 15) is 24.3 Å². The van der Waals surface area contributed by atoms with Gasteiger partial charge in [-0.3, -0.25) is 14.4 Å². The fourth-order valence-corrected chi connectivity index (χ4v) is 3.73. The average Bonchev–Trinajstić information content (AvgIpc) is 2.59. The van der Waals surface area contributed by atoms with Gasteiger partial charge in [-0.25, -0.2) is 4.79 Å². The third kappa shape index (κ3) is 4.30. The van der Waals surface area contributed by atoms with Gasteiger partial charge in [0, 0.05) is 35.1 Å². The predicted octanol–water partition coefficient (Wildman–Crippen LogP) is 1.55. The molecule has 3 N–H and O–H groups in total. The van der Waals surface area contributed by atoms with Crippen LogP contribution in [-0.4, -0.2) is 52.6 Å². The maximum atomic E-state index is 12.4. The van der Waals surface area contributed by atoms with E-state index >= 15 is 0 Å². The van der Waals surface area contributed by atoms with E-state index in [-0.39, 0.29) is 45.3 Å². The summed E-state index contributed by atoms with van der Waals surface area (Å²) in [6.45, 7) is 2.71. The van der Waals surface area contributed by atoms with Crippen molar-refractivity contribution in [2.75, 3.05) is 12.9 Å². The average molecular weight is 393 g/mol. The highest BCUT2D eigenvalue weighted by Gasteiger charge is 2.30. The van der Waals surface area contributed by atoms with Crippen LogP contribution in [0.1, 0.15) is 40.1 Å². The number of carboxylic acids is 1. The maximum absolute atomic E-state index is 12.4. The Balaban J connectivity index is 2.30. The Kier molecular flexibility index (Phi) is 6.27. The molecule has 0 saturated heterocycles. The second-order valence-electron chi connectivity index (χ2n) is 5.96. The Morgan fingerprint density at radius 3 is 2.56 bits per heavy atom. The number of rotatable bonds is 7. The van der Waals surface area contributed by atoms with Crippen LogP contribution in [0.5, 0.6) is 11.5 Å². The molecule has 0 unspecified atom stereocenters. The number of carbonyl (C=O) groups excluding carboxylic acids is 3. The van der Waals surface area contributed by atoms with E-state index in [4.69, 9.17) is 9.84 Å². The summed E-state index contributed by atoms with van der Waals surface area (Å²) < 4.78 is 5.23. The molecule has 0 aromatic heterocycles. The Labute approximate surface area is 159 Å². The van der Waals surface area contributed by atoms with Gasteiger partial charge in [0.2, 0.25) is 5.91 Å². The number of benzene rings is 1. The van der Waals surface area contributed by atoms with Crippen molar-refractivity contribution in [3.8, 4) is 11.5 Å². The largest absolute Gasteiger partial charge is 0.507 e. The minimum atomic E-state index is -1.18. The maximum Gasteiger partial charge on any atom is 0.327 e. The zero-order valence-corrected chi connectivity index (χ0v) is 15.8. The number of carboxylic acid groups (broad SMARTS) is 1. The molecule has 1 aromatic rings. The monoisotopic (exact) mass is 393 g/mol. The smallest absolute Gasteiger partial charge is 0.327 e. The Bertz CT molecular complexity index is 860. The van der Waals surface area contributed by atoms with Crippen LogP contribution in [-0.2, 0) is 15.3 Å². The molecule has 1 amide bonds. The normalized spacial score (nSPS) is 14.3. The van der Waals surface area contributed by atoms with Crippen LogP contribution < -0.4 is 10.1 Å². The summed E-state index contributed by atoms with van der Waals surface area (Å²) >= 11 is 1.14. The van der Waals surface area contributed by atoms with Crippen molar-refractivity contribution < 1.29 is 34.1 Å². The van der Waals surface area contributed by atoms with Crippen molar-refractivity contribution in [1.82, 2.24) is 5.32 Å². The second kappa shape index (κ2) is 8.26. The number of amides is 1. The third-order valence-corrected chi connectivity index (χ3v) is 5.05. The number of hydrogen-bond donors (Lipinski definition) is 3. The minimum absolute atomic E-state index is 0.0421. The van der Waals surface area contributed by atoms with Crippen molar-refractivity contribution in [2.24, 2.45) is 0 Å². The van der Waals surface area contributed by atoms with E-state index in [1.165, 1.54) is 33.1 Å². The van der Waals surface area contributed by atoms with Crippen LogP contribution in [0.4, 0.5) is 0 Å². The molecule has 0 fully saturated rings. The van der Waals surface area contributed by atoms with E-state index in [0.717, 1.165) is 11.8 Å². The first kappa shape index (κ1) is 20.5. The van der Waals surface area contributed by atoms with Gasteiger partial charge in [0.25, 0.3) is 0 Å². The van der Waals surface area contributed by atoms with E-state index in [1.807, 2.05) is 0 Å². The molecule has 0 heterocycles. The lowest BCUT2D eigenvalue weighted by Gasteiger charge is -2.20. The highest BCUT2D eigenvalue weighted by atomic mass is 32.2. The van der Waals surface area contributed by atoms with Gasteiger partial charge >= 0.3 is 5.97 Å². The number of aromatic hydroxyl groups is 1. The molecule has 2 rings (SSSR count). The molecular formula is C18H19NO7S. The number of phenols is 1. The van der Waals surface area contributed by atoms with Crippen molar-refractivity contribution in [2.45, 2.75) is 25.6 Å². The molecule has 1 aliphatic rings. The zero-order chi connectivity index (χ0) is 20.3. The van der Waals surface area contributed by atoms with Crippen LogP contribution in [0, 0.1) is 0 Å². The summed E-state index contributed by atoms with van der Waals surface area (Å²) in [6, 6.07) is 0.308. The molecule has 0 radical (unpaired) electrons. The van der Waals surface area contributed by atoms with Gasteiger partial charge in [0.15, 0.2) is 11.6 Å². The number of fused-ring (bicyclic) bond motifs is 1. The lowest BCUT2D eigenvalue weighted by Crippen LogP contribution is -2.41. The predicted molar refractivity (Wildman–Crippen MR) is 98.5 cm³/mol. The number of phenolic OH excluding ortho intramolecular Hbond substituents is 1. The number of ketones is 2. The molecule has 9 heteroatoms. The molecule has 0 aliphatic heterocycles. The van der Waals surface area contributed by atoms with Gasteiger partial charge in [-0.1, -0.05) is 0 Å². The number of allylic oxidation sites excluding steroid dienone is 2. The van der Waals surface area contributed by atoms with Crippen LogP contribution >= 0.6 is 11.8 Å². The molecule has 8 nitrogen and oxygen atoms in total. The fourth-order valence-electron chi connectivity index (χ4n) is 2.67. The van der Waals surface area contributed by atoms with Crippen LogP contribution in [0.15, 0.2) is 17.7 Å². The van der Waals surface area contributed by atoms with Crippen molar-refractivity contribution in [1.29, 1.82) is 0 Å². The number of nitrogens with one attached hydrogen (secondary N) is 1. The summed E-state index contributed by atoms with van der Waals surface area (Å²) in [6.07, 6.45) is 1.21. The van der Waals surface area contributed by atoms with Crippen molar-refractivity contribution >= 4 is 35.2 Å². The van der Waals surface area contributed by atoms with Crippen LogP contribution in [0.3, 0.4) is 0 Å². The highest BCUT2D eigenvalue weighted by Crippen LogP contribution is 2.39. The first-order valence-corrected chi connectivity index (χ1v) is 9.10. The first-order chi connectivity index (χ1) is 12.7. The number of ether oxygens (including phenoxy) is 1. The van der Waals surface area contributed by atoms with Gasteiger partial charge in [-0.05, 0) is 19.1 Å². The lowest BCUT2D eigenvalue weighted by molar-refractivity contribution is -0.140. The number of carbonyl (C=O) groups is 4. The Morgan fingerprint density at radius 2 is 2.00 bits per heavy atom. The summed E-state index contributed by atoms with van der Waals surface area (Å²) in [5, 5.41) is 22.0. The summed E-state index contributed by atoms with van der Waals surface area (Å²) in [5.74, 6) is -2.46. The summed E-state index contributed by atoms with van der Waals surface area (Å²) in [4.78, 5) is 46.8. The standard InChI is InChI=1S/C18H19NO7S/c1-8-4-13(21)10-5-14(26-3)11(17(23)15(10)16(8)22)6-27-7-12(18(24)25)19-9(2)20/h4-5,12,23H,6-7H2,1-3H3,(H,19,20)(H,24,25)/t12-/m1/s1. The van der Waals surface area contributed by atoms with Crippen molar-refractivity contribution in [3.63, 3.8) is 0 Å². The fraction of sp³-hybridized carbons (Fsp3) is 0.333. The quantitative estimate of drug-likeness (QED) is 0.636. The van der Waals surface area contributed by atoms with E-state index < -0.39 is 29.5 Å². The molecule has 0 bridgehead atoms. The molecule has 27 heavy (non-hydrogen) atoms. The third-order valence-electron chi connectivity index (χ3n) is 3.99. The summed E-state index contributed by atoms with van der Waals surface area (Å²) in [7, 11) is 1.36. The Hall–Kier alpha value is -2.81.